The van der Waals surface area contributed by atoms with Gasteiger partial charge in [-0.3, -0.25) is 9.98 Å². The van der Waals surface area contributed by atoms with Gasteiger partial charge in [0.15, 0.2) is 5.03 Å². The Bertz CT molecular complexity index is 351. The van der Waals surface area contributed by atoms with Crippen molar-refractivity contribution in [1.29, 1.82) is 0 Å². The van der Waals surface area contributed by atoms with Crippen molar-refractivity contribution in [3.63, 3.8) is 0 Å². The Balaban J connectivity index is 2.45. The monoisotopic (exact) mass is 209 g/mol. The molecule has 0 bridgehead atoms. The zero-order chi connectivity index (χ0) is 11.1. The summed E-state index contributed by atoms with van der Waals surface area (Å²) in [5, 5.41) is 12.2. The second-order valence-electron chi connectivity index (χ2n) is 2.66. The van der Waals surface area contributed by atoms with Crippen molar-refractivity contribution in [2.75, 3.05) is 7.05 Å². The molecule has 1 aromatic heterocycles. The summed E-state index contributed by atoms with van der Waals surface area (Å²) < 4.78 is 0. The van der Waals surface area contributed by atoms with Crippen LogP contribution in [-0.2, 0) is 6.54 Å². The summed E-state index contributed by atoms with van der Waals surface area (Å²) in [5.74, 6) is 0.115. The van der Waals surface area contributed by atoms with Gasteiger partial charge in [0.05, 0.1) is 0 Å². The van der Waals surface area contributed by atoms with Crippen molar-refractivity contribution < 1.29 is 5.03 Å². The number of nitrogens with zero attached hydrogens (tertiary/aromatic N) is 3. The highest BCUT2D eigenvalue weighted by molar-refractivity contribution is 5.78. The molecule has 0 saturated carbocycles. The molecule has 0 radical (unpaired) electrons. The lowest BCUT2D eigenvalue weighted by Gasteiger charge is -2.05. The Morgan fingerprint density at radius 3 is 3.07 bits per heavy atom. The van der Waals surface area contributed by atoms with Crippen molar-refractivity contribution in [2.45, 2.75) is 6.54 Å². The molecule has 0 aromatic carbocycles. The first-order valence-corrected chi connectivity index (χ1v) is 4.23. The lowest BCUT2D eigenvalue weighted by molar-refractivity contribution is -0.525. The van der Waals surface area contributed by atoms with Gasteiger partial charge in [0.25, 0.3) is 5.96 Å². The summed E-state index contributed by atoms with van der Waals surface area (Å²) >= 11 is 0. The Hall–Kier alpha value is -2.18. The number of aliphatic imine (C=N–C) groups is 1. The second kappa shape index (κ2) is 5.53. The highest BCUT2D eigenvalue weighted by Gasteiger charge is 2.02. The fraction of sp³-hybridized carbons (Fsp3) is 0.250. The van der Waals surface area contributed by atoms with E-state index in [1.165, 1.54) is 7.05 Å². The van der Waals surface area contributed by atoms with Crippen LogP contribution in [0.25, 0.3) is 0 Å². The number of nitro groups is 1. The predicted octanol–water partition coefficient (Wildman–Crippen LogP) is -0.0617. The number of aromatic nitrogens is 1. The van der Waals surface area contributed by atoms with Gasteiger partial charge in [-0.25, -0.2) is 10.1 Å². The van der Waals surface area contributed by atoms with Gasteiger partial charge in [-0.05, 0) is 11.6 Å². The standard InChI is InChI=1S/C8H11N5O2/c1-9-8(12-13(14)15)11-6-7-3-2-4-10-5-7/h2-5H,6H2,1H3,(H2,9,11,12). The van der Waals surface area contributed by atoms with E-state index in [0.717, 1.165) is 5.56 Å². The third-order valence-electron chi connectivity index (χ3n) is 1.60. The van der Waals surface area contributed by atoms with Crippen molar-refractivity contribution in [3.8, 4) is 0 Å². The maximum Gasteiger partial charge on any atom is 0.254 e. The summed E-state index contributed by atoms with van der Waals surface area (Å²) in [6.45, 7) is 0.432. The van der Waals surface area contributed by atoms with Crippen LogP contribution in [0.15, 0.2) is 29.5 Å². The van der Waals surface area contributed by atoms with E-state index < -0.39 is 5.03 Å². The number of hydrogen-bond donors (Lipinski definition) is 2. The van der Waals surface area contributed by atoms with Gasteiger partial charge in [-0.1, -0.05) is 11.5 Å². The minimum Gasteiger partial charge on any atom is -0.348 e. The zero-order valence-electron chi connectivity index (χ0n) is 8.17. The van der Waals surface area contributed by atoms with Crippen LogP contribution in [0, 0.1) is 10.1 Å². The van der Waals surface area contributed by atoms with Gasteiger partial charge in [0, 0.05) is 26.0 Å². The molecule has 0 spiro atoms. The first kappa shape index (κ1) is 10.9. The first-order valence-electron chi connectivity index (χ1n) is 4.23. The van der Waals surface area contributed by atoms with Crippen LogP contribution >= 0.6 is 0 Å². The van der Waals surface area contributed by atoms with Crippen LogP contribution in [0.3, 0.4) is 0 Å². The molecular formula is C8H11N5O2. The van der Waals surface area contributed by atoms with E-state index in [0.29, 0.717) is 6.54 Å². The molecular weight excluding hydrogens is 198 g/mol. The van der Waals surface area contributed by atoms with Crippen LogP contribution in [0.5, 0.6) is 0 Å². The lowest BCUT2D eigenvalue weighted by Crippen LogP contribution is -2.40. The molecule has 80 valence electrons. The van der Waals surface area contributed by atoms with Crippen LogP contribution in [0.4, 0.5) is 0 Å². The van der Waals surface area contributed by atoms with Gasteiger partial charge in [0.2, 0.25) is 0 Å². The number of hydrazine groups is 1. The molecule has 0 aliphatic heterocycles. The van der Waals surface area contributed by atoms with Gasteiger partial charge >= 0.3 is 0 Å². The molecule has 0 aliphatic carbocycles. The van der Waals surface area contributed by atoms with Crippen LogP contribution in [0.1, 0.15) is 5.56 Å². The predicted molar refractivity (Wildman–Crippen MR) is 54.6 cm³/mol. The number of hydrogen-bond acceptors (Lipinski definition) is 4. The van der Waals surface area contributed by atoms with E-state index in [-0.39, 0.29) is 5.96 Å². The number of guanidine groups is 1. The van der Waals surface area contributed by atoms with Crippen LogP contribution < -0.4 is 10.7 Å². The van der Waals surface area contributed by atoms with E-state index in [4.69, 9.17) is 0 Å². The Morgan fingerprint density at radius 2 is 2.53 bits per heavy atom. The average Bonchev–Trinajstić information content (AvgIpc) is 2.25. The second-order valence-corrected chi connectivity index (χ2v) is 2.66. The summed E-state index contributed by atoms with van der Waals surface area (Å²) in [4.78, 5) is 17.7. The molecule has 1 aromatic rings. The van der Waals surface area contributed by atoms with Crippen molar-refractivity contribution in [1.82, 2.24) is 15.7 Å². The molecule has 1 rings (SSSR count). The minimum atomic E-state index is -0.668. The summed E-state index contributed by atoms with van der Waals surface area (Å²) in [6.07, 6.45) is 3.33. The van der Waals surface area contributed by atoms with Gasteiger partial charge < -0.3 is 5.32 Å². The lowest BCUT2D eigenvalue weighted by atomic mass is 10.3. The fourth-order valence-electron chi connectivity index (χ4n) is 0.944. The molecule has 0 aliphatic rings. The zero-order valence-corrected chi connectivity index (χ0v) is 8.17. The van der Waals surface area contributed by atoms with E-state index in [9.17, 15) is 10.1 Å². The topological polar surface area (TPSA) is 92.5 Å². The molecule has 0 saturated heterocycles. The van der Waals surface area contributed by atoms with E-state index in [1.54, 1.807) is 18.5 Å². The normalized spacial score (nSPS) is 10.9. The minimum absolute atomic E-state index is 0.115. The Kier molecular flexibility index (Phi) is 4.02. The highest BCUT2D eigenvalue weighted by Crippen LogP contribution is 1.93. The highest BCUT2D eigenvalue weighted by atomic mass is 16.7. The Labute approximate surface area is 86.4 Å². The fourth-order valence-corrected chi connectivity index (χ4v) is 0.944. The van der Waals surface area contributed by atoms with Crippen LogP contribution in [-0.4, -0.2) is 23.0 Å². The third kappa shape index (κ3) is 4.03. The van der Waals surface area contributed by atoms with E-state index in [2.05, 4.69) is 15.3 Å². The summed E-state index contributed by atoms with van der Waals surface area (Å²) in [7, 11) is 1.46. The smallest absolute Gasteiger partial charge is 0.254 e. The maximum atomic E-state index is 10.1. The summed E-state index contributed by atoms with van der Waals surface area (Å²) in [6, 6.07) is 3.65. The maximum absolute atomic E-state index is 10.1. The molecule has 1 heterocycles. The third-order valence-corrected chi connectivity index (χ3v) is 1.60. The average molecular weight is 209 g/mol. The molecule has 7 heteroatoms. The largest absolute Gasteiger partial charge is 0.348 e. The van der Waals surface area contributed by atoms with Gasteiger partial charge in [0.1, 0.15) is 0 Å². The molecule has 0 atom stereocenters. The van der Waals surface area contributed by atoms with Gasteiger partial charge in [-0.15, -0.1) is 0 Å². The first-order chi connectivity index (χ1) is 7.22. The molecule has 15 heavy (non-hydrogen) atoms. The number of rotatable bonds is 3. The molecule has 0 unspecified atom stereocenters. The van der Waals surface area contributed by atoms with Crippen LogP contribution in [0.2, 0.25) is 0 Å². The van der Waals surface area contributed by atoms with Gasteiger partial charge in [-0.2, -0.15) is 0 Å². The quantitative estimate of drug-likeness (QED) is 0.315. The number of nitrogens with one attached hydrogen (secondary N) is 2. The van der Waals surface area contributed by atoms with E-state index >= 15 is 0 Å². The molecule has 0 fully saturated rings. The Morgan fingerprint density at radius 1 is 1.73 bits per heavy atom. The SMILES string of the molecule is CN=C(NCc1cccnc1)N[N+](=O)[O-]. The van der Waals surface area contributed by atoms with Crippen molar-refractivity contribution in [2.24, 2.45) is 4.99 Å². The van der Waals surface area contributed by atoms with E-state index in [1.807, 2.05) is 11.5 Å². The molecule has 7 nitrogen and oxygen atoms in total. The van der Waals surface area contributed by atoms with Crippen molar-refractivity contribution in [3.05, 3.63) is 40.2 Å². The molecule has 0 amide bonds. The van der Waals surface area contributed by atoms with Crippen molar-refractivity contribution >= 4 is 5.96 Å². The molecule has 2 N–H and O–H groups in total. The summed E-state index contributed by atoms with van der Waals surface area (Å²) in [5.41, 5.74) is 2.86. The number of pyridine rings is 1.